The van der Waals surface area contributed by atoms with Crippen molar-refractivity contribution < 1.29 is 4.42 Å². The van der Waals surface area contributed by atoms with Crippen LogP contribution in [-0.2, 0) is 0 Å². The van der Waals surface area contributed by atoms with Gasteiger partial charge in [0.25, 0.3) is 0 Å². The molecule has 4 heteroatoms. The van der Waals surface area contributed by atoms with E-state index in [-0.39, 0.29) is 12.1 Å². The van der Waals surface area contributed by atoms with Crippen molar-refractivity contribution in [2.24, 2.45) is 0 Å². The maximum atomic E-state index is 6.04. The Morgan fingerprint density at radius 1 is 0.957 bits per heavy atom. The molecule has 0 fully saturated rings. The minimum absolute atomic E-state index is 0.123. The lowest BCUT2D eigenvalue weighted by atomic mass is 10.0. The largest absolute Gasteiger partial charge is 0.459 e. The zero-order valence-corrected chi connectivity index (χ0v) is 14.1. The van der Waals surface area contributed by atoms with E-state index in [0.717, 1.165) is 22.3 Å². The third-order valence-corrected chi connectivity index (χ3v) is 3.79. The summed E-state index contributed by atoms with van der Waals surface area (Å²) < 4.78 is 6.04. The lowest BCUT2D eigenvalue weighted by molar-refractivity contribution is 0.504. The molecule has 3 aromatic rings. The Bertz CT molecular complexity index is 762. The van der Waals surface area contributed by atoms with Gasteiger partial charge in [0.2, 0.25) is 0 Å². The molecule has 2 aromatic carbocycles. The van der Waals surface area contributed by atoms with E-state index < -0.39 is 0 Å². The number of hydrogen-bond acceptors (Lipinski definition) is 2. The Hall–Kier alpha value is -2.33. The molecule has 0 aliphatic carbocycles. The summed E-state index contributed by atoms with van der Waals surface area (Å²) in [6, 6.07) is 20.4. The van der Waals surface area contributed by atoms with Gasteiger partial charge in [0.05, 0.1) is 0 Å². The van der Waals surface area contributed by atoms with Crippen molar-refractivity contribution in [3.63, 3.8) is 0 Å². The predicted octanol–water partition coefficient (Wildman–Crippen LogP) is 4.39. The molecule has 0 saturated heterocycles. The maximum Gasteiger partial charge on any atom is 0.167 e. The monoisotopic (exact) mass is 324 g/mol. The molecule has 2 N–H and O–H groups in total. The topological polar surface area (TPSA) is 37.2 Å². The minimum Gasteiger partial charge on any atom is -0.459 e. The van der Waals surface area contributed by atoms with Crippen LogP contribution in [0.25, 0.3) is 11.0 Å². The lowest BCUT2D eigenvalue weighted by Crippen LogP contribution is -2.41. The Labute approximate surface area is 141 Å². The van der Waals surface area contributed by atoms with Crippen LogP contribution in [-0.4, -0.2) is 11.2 Å². The highest BCUT2D eigenvalue weighted by Crippen LogP contribution is 2.28. The Morgan fingerprint density at radius 3 is 2.35 bits per heavy atom. The van der Waals surface area contributed by atoms with Crippen LogP contribution in [0.5, 0.6) is 0 Å². The zero-order valence-electron chi connectivity index (χ0n) is 13.2. The summed E-state index contributed by atoms with van der Waals surface area (Å²) in [7, 11) is 0. The molecule has 0 radical (unpaired) electrons. The molecule has 3 nitrogen and oxygen atoms in total. The second kappa shape index (κ2) is 6.84. The quantitative estimate of drug-likeness (QED) is 0.698. The average Bonchev–Trinajstić information content (AvgIpc) is 2.96. The average molecular weight is 324 g/mol. The van der Waals surface area contributed by atoms with E-state index in [1.54, 1.807) is 0 Å². The van der Waals surface area contributed by atoms with E-state index in [0.29, 0.717) is 5.11 Å². The Morgan fingerprint density at radius 2 is 1.65 bits per heavy atom. The smallest absolute Gasteiger partial charge is 0.167 e. The van der Waals surface area contributed by atoms with E-state index >= 15 is 0 Å². The van der Waals surface area contributed by atoms with Crippen molar-refractivity contribution >= 4 is 28.3 Å². The third kappa shape index (κ3) is 3.71. The van der Waals surface area contributed by atoms with Gasteiger partial charge >= 0.3 is 0 Å². The van der Waals surface area contributed by atoms with Crippen LogP contribution in [0.15, 0.2) is 65.1 Å². The van der Waals surface area contributed by atoms with Crippen LogP contribution in [0.4, 0.5) is 0 Å². The summed E-state index contributed by atoms with van der Waals surface area (Å²) in [5.41, 5.74) is 1.99. The molecule has 23 heavy (non-hydrogen) atoms. The fourth-order valence-corrected chi connectivity index (χ4v) is 2.90. The van der Waals surface area contributed by atoms with Gasteiger partial charge in [0, 0.05) is 11.4 Å². The van der Waals surface area contributed by atoms with Crippen LogP contribution in [0, 0.1) is 0 Å². The Balaban J connectivity index is 1.96. The standard InChI is InChI=1S/C19H20N2OS/c1-13(2)20-19(23)21-18(14-8-4-3-5-9-14)17-12-15-10-6-7-11-16(15)22-17/h3-13,18H,1-2H3,(H2,20,21,23)/t18-/m0/s1. The molecule has 0 amide bonds. The highest BCUT2D eigenvalue weighted by Gasteiger charge is 2.19. The first-order chi connectivity index (χ1) is 11.1. The summed E-state index contributed by atoms with van der Waals surface area (Å²) in [6.45, 7) is 4.12. The molecule has 1 heterocycles. The van der Waals surface area contributed by atoms with E-state index in [9.17, 15) is 0 Å². The lowest BCUT2D eigenvalue weighted by Gasteiger charge is -2.21. The van der Waals surface area contributed by atoms with Crippen molar-refractivity contribution in [1.29, 1.82) is 0 Å². The SMILES string of the molecule is CC(C)NC(=S)N[C@@H](c1ccccc1)c1cc2ccccc2o1. The number of furan rings is 1. The number of para-hydroxylation sites is 1. The predicted molar refractivity (Wildman–Crippen MR) is 98.5 cm³/mol. The van der Waals surface area contributed by atoms with Crippen LogP contribution < -0.4 is 10.6 Å². The van der Waals surface area contributed by atoms with Gasteiger partial charge in [-0.1, -0.05) is 48.5 Å². The maximum absolute atomic E-state index is 6.04. The number of benzene rings is 2. The second-order valence-electron chi connectivity index (χ2n) is 5.80. The van der Waals surface area contributed by atoms with Crippen LogP contribution in [0.3, 0.4) is 0 Å². The highest BCUT2D eigenvalue weighted by atomic mass is 32.1. The molecule has 0 saturated carbocycles. The molecular formula is C19H20N2OS. The van der Waals surface area contributed by atoms with Crippen molar-refractivity contribution in [3.8, 4) is 0 Å². The molecule has 118 valence electrons. The van der Waals surface area contributed by atoms with E-state index in [4.69, 9.17) is 16.6 Å². The van der Waals surface area contributed by atoms with Gasteiger partial charge in [0.15, 0.2) is 5.11 Å². The van der Waals surface area contributed by atoms with Gasteiger partial charge in [0.1, 0.15) is 17.4 Å². The van der Waals surface area contributed by atoms with Crippen LogP contribution in [0.1, 0.15) is 31.2 Å². The van der Waals surface area contributed by atoms with Gasteiger partial charge in [-0.05, 0) is 43.8 Å². The van der Waals surface area contributed by atoms with Gasteiger partial charge in [-0.15, -0.1) is 0 Å². The zero-order chi connectivity index (χ0) is 16.2. The Kier molecular flexibility index (Phi) is 4.63. The molecule has 0 aliphatic rings. The highest BCUT2D eigenvalue weighted by molar-refractivity contribution is 7.80. The fourth-order valence-electron chi connectivity index (χ4n) is 2.54. The van der Waals surface area contributed by atoms with Crippen LogP contribution in [0.2, 0.25) is 0 Å². The summed E-state index contributed by atoms with van der Waals surface area (Å²) in [4.78, 5) is 0. The minimum atomic E-state index is -0.123. The van der Waals surface area contributed by atoms with Crippen molar-refractivity contribution in [2.45, 2.75) is 25.9 Å². The summed E-state index contributed by atoms with van der Waals surface area (Å²) in [5.74, 6) is 0.852. The molecule has 0 aliphatic heterocycles. The summed E-state index contributed by atoms with van der Waals surface area (Å²) in [6.07, 6.45) is 0. The molecule has 1 aromatic heterocycles. The first kappa shape index (κ1) is 15.6. The van der Waals surface area contributed by atoms with E-state index in [2.05, 4.69) is 48.7 Å². The molecule has 1 atom stereocenters. The normalized spacial score (nSPS) is 12.3. The van der Waals surface area contributed by atoms with Crippen molar-refractivity contribution in [3.05, 3.63) is 72.0 Å². The molecular weight excluding hydrogens is 304 g/mol. The summed E-state index contributed by atoms with van der Waals surface area (Å²) >= 11 is 5.42. The first-order valence-electron chi connectivity index (χ1n) is 7.74. The number of thiocarbonyl (C=S) groups is 1. The molecule has 3 rings (SSSR count). The number of nitrogens with one attached hydrogen (secondary N) is 2. The molecule has 0 bridgehead atoms. The molecule has 0 spiro atoms. The first-order valence-corrected chi connectivity index (χ1v) is 8.15. The van der Waals surface area contributed by atoms with E-state index in [1.807, 2.05) is 36.4 Å². The van der Waals surface area contributed by atoms with Crippen molar-refractivity contribution in [2.75, 3.05) is 0 Å². The fraction of sp³-hybridized carbons (Fsp3) is 0.211. The third-order valence-electron chi connectivity index (χ3n) is 3.56. The van der Waals surface area contributed by atoms with Gasteiger partial charge in [-0.3, -0.25) is 0 Å². The van der Waals surface area contributed by atoms with Crippen LogP contribution >= 0.6 is 12.2 Å². The van der Waals surface area contributed by atoms with E-state index in [1.165, 1.54) is 0 Å². The number of rotatable bonds is 4. The van der Waals surface area contributed by atoms with Crippen molar-refractivity contribution in [1.82, 2.24) is 10.6 Å². The molecule has 0 unspecified atom stereocenters. The summed E-state index contributed by atoms with van der Waals surface area (Å²) in [5, 5.41) is 8.30. The van der Waals surface area contributed by atoms with Gasteiger partial charge < -0.3 is 15.1 Å². The van der Waals surface area contributed by atoms with Gasteiger partial charge in [-0.2, -0.15) is 0 Å². The van der Waals surface area contributed by atoms with Gasteiger partial charge in [-0.25, -0.2) is 0 Å². The second-order valence-corrected chi connectivity index (χ2v) is 6.21. The number of fused-ring (bicyclic) bond motifs is 1. The number of hydrogen-bond donors (Lipinski definition) is 2.